The third kappa shape index (κ3) is 8.82. The molecule has 0 fully saturated rings. The molecule has 0 heterocycles. The molecule has 0 radical (unpaired) electrons. The molecular formula is C36H41N3O7S. The number of sulfonamides is 1. The quantitative estimate of drug-likeness (QED) is 0.190. The van der Waals surface area contributed by atoms with Crippen LogP contribution in [0.4, 0.5) is 5.69 Å². The molecule has 10 nitrogen and oxygen atoms in total. The lowest BCUT2D eigenvalue weighted by Crippen LogP contribution is -2.54. The molecule has 0 aromatic heterocycles. The summed E-state index contributed by atoms with van der Waals surface area (Å²) >= 11 is 0. The van der Waals surface area contributed by atoms with E-state index in [4.69, 9.17) is 14.2 Å². The largest absolute Gasteiger partial charge is 0.497 e. The number of nitrogens with one attached hydrogen (secondary N) is 1. The average molecular weight is 660 g/mol. The molecule has 0 spiro atoms. The van der Waals surface area contributed by atoms with E-state index < -0.39 is 28.5 Å². The molecule has 4 aromatic rings. The van der Waals surface area contributed by atoms with Gasteiger partial charge in [-0.3, -0.25) is 13.9 Å². The Morgan fingerprint density at radius 3 is 2.02 bits per heavy atom. The van der Waals surface area contributed by atoms with Gasteiger partial charge >= 0.3 is 0 Å². The van der Waals surface area contributed by atoms with Crippen molar-refractivity contribution in [3.05, 3.63) is 114 Å². The van der Waals surface area contributed by atoms with Crippen LogP contribution >= 0.6 is 0 Å². The first kappa shape index (κ1) is 34.8. The van der Waals surface area contributed by atoms with E-state index >= 15 is 0 Å². The number of para-hydroxylation sites is 2. The lowest BCUT2D eigenvalue weighted by Gasteiger charge is -2.34. The predicted octanol–water partition coefficient (Wildman–Crippen LogP) is 5.07. The molecule has 248 valence electrons. The summed E-state index contributed by atoms with van der Waals surface area (Å²) in [5.41, 5.74) is 1.72. The molecule has 2 amide bonds. The van der Waals surface area contributed by atoms with Crippen molar-refractivity contribution < 1.29 is 32.2 Å². The number of hydrogen-bond acceptors (Lipinski definition) is 7. The standard InChI is InChI=1S/C36H41N3O7S/c1-26(2)37-36(41)33(23-27-12-7-6-8-13-27)38(24-28-14-11-15-30(22-28)45-4)35(40)25-39(32-16-9-10-17-34(32)46-5)47(42,43)31-20-18-29(44-3)19-21-31/h6-22,26,33H,23-25H2,1-5H3,(H,37,41)/t33-/m1/s1. The van der Waals surface area contributed by atoms with Gasteiger partial charge in [0.1, 0.15) is 29.8 Å². The van der Waals surface area contributed by atoms with E-state index in [2.05, 4.69) is 5.32 Å². The van der Waals surface area contributed by atoms with Gasteiger partial charge < -0.3 is 24.4 Å². The van der Waals surface area contributed by atoms with Crippen molar-refractivity contribution in [2.45, 2.75) is 43.8 Å². The minimum atomic E-state index is -4.32. The van der Waals surface area contributed by atoms with Crippen LogP contribution in [0.2, 0.25) is 0 Å². The molecule has 0 unspecified atom stereocenters. The number of amides is 2. The molecule has 11 heteroatoms. The van der Waals surface area contributed by atoms with Crippen molar-refractivity contribution in [1.82, 2.24) is 10.2 Å². The Balaban J connectivity index is 1.84. The van der Waals surface area contributed by atoms with Gasteiger partial charge in [-0.05, 0) is 73.5 Å². The van der Waals surface area contributed by atoms with E-state index in [-0.39, 0.29) is 41.2 Å². The normalized spacial score (nSPS) is 11.8. The third-order valence-corrected chi connectivity index (χ3v) is 9.24. The first-order chi connectivity index (χ1) is 22.6. The average Bonchev–Trinajstić information content (AvgIpc) is 3.08. The van der Waals surface area contributed by atoms with E-state index in [0.29, 0.717) is 17.1 Å². The molecule has 1 N–H and O–H groups in total. The number of carbonyl (C=O) groups excluding carboxylic acids is 2. The van der Waals surface area contributed by atoms with Gasteiger partial charge in [0.25, 0.3) is 10.0 Å². The number of methoxy groups -OCH3 is 3. The molecule has 0 saturated carbocycles. The maximum atomic E-state index is 14.6. The lowest BCUT2D eigenvalue weighted by molar-refractivity contribution is -0.140. The second-order valence-corrected chi connectivity index (χ2v) is 13.0. The van der Waals surface area contributed by atoms with Crippen LogP contribution in [-0.4, -0.2) is 65.1 Å². The topological polar surface area (TPSA) is 114 Å². The highest BCUT2D eigenvalue weighted by Crippen LogP contribution is 2.33. The molecule has 1 atom stereocenters. The third-order valence-electron chi connectivity index (χ3n) is 7.47. The highest BCUT2D eigenvalue weighted by Gasteiger charge is 2.35. The maximum absolute atomic E-state index is 14.6. The number of hydrogen-bond donors (Lipinski definition) is 1. The van der Waals surface area contributed by atoms with Gasteiger partial charge in [0.05, 0.1) is 31.9 Å². The van der Waals surface area contributed by atoms with Crippen LogP contribution in [-0.2, 0) is 32.6 Å². The second-order valence-electron chi connectivity index (χ2n) is 11.1. The number of benzene rings is 4. The Morgan fingerprint density at radius 2 is 1.38 bits per heavy atom. The summed E-state index contributed by atoms with van der Waals surface area (Å²) in [4.78, 5) is 29.9. The summed E-state index contributed by atoms with van der Waals surface area (Å²) in [6.45, 7) is 3.09. The van der Waals surface area contributed by atoms with Crippen LogP contribution in [0.15, 0.2) is 108 Å². The van der Waals surface area contributed by atoms with Crippen molar-refractivity contribution in [2.75, 3.05) is 32.2 Å². The number of nitrogens with zero attached hydrogens (tertiary/aromatic N) is 2. The van der Waals surface area contributed by atoms with Gasteiger partial charge in [0, 0.05) is 19.0 Å². The Kier molecular flexibility index (Phi) is 11.9. The van der Waals surface area contributed by atoms with Gasteiger partial charge in [-0.15, -0.1) is 0 Å². The molecule has 0 aliphatic heterocycles. The fourth-order valence-corrected chi connectivity index (χ4v) is 6.55. The molecule has 4 aromatic carbocycles. The summed E-state index contributed by atoms with van der Waals surface area (Å²) in [7, 11) is 0.147. The minimum Gasteiger partial charge on any atom is -0.497 e. The van der Waals surface area contributed by atoms with E-state index in [9.17, 15) is 18.0 Å². The van der Waals surface area contributed by atoms with E-state index in [0.717, 1.165) is 9.87 Å². The van der Waals surface area contributed by atoms with E-state index in [1.807, 2.05) is 50.2 Å². The number of anilines is 1. The van der Waals surface area contributed by atoms with Crippen LogP contribution < -0.4 is 23.8 Å². The SMILES string of the molecule is COc1ccc(S(=O)(=O)N(CC(=O)N(Cc2cccc(OC)c2)[C@H](Cc2ccccc2)C(=O)NC(C)C)c2ccccc2OC)cc1. The van der Waals surface area contributed by atoms with Gasteiger partial charge in [-0.1, -0.05) is 54.6 Å². The van der Waals surface area contributed by atoms with Crippen molar-refractivity contribution in [3.8, 4) is 17.2 Å². The monoisotopic (exact) mass is 659 g/mol. The predicted molar refractivity (Wildman–Crippen MR) is 181 cm³/mol. The van der Waals surface area contributed by atoms with Gasteiger partial charge in [-0.2, -0.15) is 0 Å². The highest BCUT2D eigenvalue weighted by molar-refractivity contribution is 7.92. The van der Waals surface area contributed by atoms with Crippen LogP contribution in [0.1, 0.15) is 25.0 Å². The number of ether oxygens (including phenoxy) is 3. The van der Waals surface area contributed by atoms with Crippen molar-refractivity contribution >= 4 is 27.5 Å². The van der Waals surface area contributed by atoms with Crippen LogP contribution in [0.3, 0.4) is 0 Å². The Morgan fingerprint density at radius 1 is 0.745 bits per heavy atom. The van der Waals surface area contributed by atoms with Crippen LogP contribution in [0, 0.1) is 0 Å². The van der Waals surface area contributed by atoms with Gasteiger partial charge in [-0.25, -0.2) is 8.42 Å². The van der Waals surface area contributed by atoms with Gasteiger partial charge in [0.15, 0.2) is 0 Å². The summed E-state index contributed by atoms with van der Waals surface area (Å²) < 4.78 is 45.8. The molecule has 47 heavy (non-hydrogen) atoms. The van der Waals surface area contributed by atoms with E-state index in [1.54, 1.807) is 49.6 Å². The summed E-state index contributed by atoms with van der Waals surface area (Å²) in [6.07, 6.45) is 0.203. The molecule has 0 aliphatic rings. The Hall–Kier alpha value is -5.03. The molecule has 0 saturated heterocycles. The molecule has 0 bridgehead atoms. The lowest BCUT2D eigenvalue weighted by atomic mass is 10.0. The zero-order chi connectivity index (χ0) is 34.0. The zero-order valence-corrected chi connectivity index (χ0v) is 28.1. The Bertz CT molecular complexity index is 1750. The molecule has 0 aliphatic carbocycles. The highest BCUT2D eigenvalue weighted by atomic mass is 32.2. The van der Waals surface area contributed by atoms with Crippen molar-refractivity contribution in [1.29, 1.82) is 0 Å². The van der Waals surface area contributed by atoms with Crippen LogP contribution in [0.25, 0.3) is 0 Å². The fraction of sp³-hybridized carbons (Fsp3) is 0.278. The summed E-state index contributed by atoms with van der Waals surface area (Å²) in [5, 5.41) is 2.96. The zero-order valence-electron chi connectivity index (χ0n) is 27.3. The Labute approximate surface area is 276 Å². The summed E-state index contributed by atoms with van der Waals surface area (Å²) in [5.74, 6) is 0.375. The van der Waals surface area contributed by atoms with Crippen molar-refractivity contribution in [2.24, 2.45) is 0 Å². The molecular weight excluding hydrogens is 618 g/mol. The fourth-order valence-electron chi connectivity index (χ4n) is 5.13. The molecule has 4 rings (SSSR count). The number of rotatable bonds is 15. The summed E-state index contributed by atoms with van der Waals surface area (Å²) in [6, 6.07) is 27.9. The van der Waals surface area contributed by atoms with Crippen molar-refractivity contribution in [3.63, 3.8) is 0 Å². The first-order valence-electron chi connectivity index (χ1n) is 15.1. The number of carbonyl (C=O) groups is 2. The van der Waals surface area contributed by atoms with Gasteiger partial charge in [0.2, 0.25) is 11.8 Å². The minimum absolute atomic E-state index is 0.0153. The second kappa shape index (κ2) is 16.0. The first-order valence-corrected chi connectivity index (χ1v) is 16.6. The van der Waals surface area contributed by atoms with Crippen LogP contribution in [0.5, 0.6) is 17.2 Å². The smallest absolute Gasteiger partial charge is 0.264 e. The van der Waals surface area contributed by atoms with E-state index in [1.165, 1.54) is 43.4 Å². The maximum Gasteiger partial charge on any atom is 0.264 e.